The maximum atomic E-state index is 12.3. The van der Waals surface area contributed by atoms with Gasteiger partial charge in [-0.15, -0.1) is 0 Å². The number of nitrogen functional groups attached to an aromatic ring is 1. The fraction of sp³-hybridized carbons (Fsp3) is 0.0667. The van der Waals surface area contributed by atoms with Crippen LogP contribution in [0.5, 0.6) is 0 Å². The molecule has 0 aromatic heterocycles. The number of para-hydroxylation sites is 1. The normalized spacial score (nSPS) is 8.35. The van der Waals surface area contributed by atoms with E-state index in [1.54, 1.807) is 42.5 Å². The van der Waals surface area contributed by atoms with Gasteiger partial charge in [0.15, 0.2) is 5.78 Å². The van der Waals surface area contributed by atoms with E-state index in [-0.39, 0.29) is 57.4 Å². The van der Waals surface area contributed by atoms with E-state index in [1.807, 2.05) is 6.07 Å². The van der Waals surface area contributed by atoms with Gasteiger partial charge in [-0.2, -0.15) is 0 Å². The molecule has 2 aromatic carbocycles. The van der Waals surface area contributed by atoms with Crippen LogP contribution in [0.4, 0.5) is 5.69 Å². The molecule has 0 aliphatic rings. The predicted octanol–water partition coefficient (Wildman–Crippen LogP) is -1.26. The Morgan fingerprint density at radius 2 is 1.48 bits per heavy atom. The summed E-state index contributed by atoms with van der Waals surface area (Å²) in [5, 5.41) is 8.80. The van der Waals surface area contributed by atoms with E-state index < -0.39 is 5.97 Å². The van der Waals surface area contributed by atoms with Crippen molar-refractivity contribution < 1.29 is 31.1 Å². The van der Waals surface area contributed by atoms with Crippen LogP contribution in [0.3, 0.4) is 0 Å². The fourth-order valence-corrected chi connectivity index (χ4v) is 1.87. The van der Waals surface area contributed by atoms with Crippen molar-refractivity contribution >= 4 is 40.5 Å². The number of nitrogens with two attached hydrogens (primary N) is 1. The van der Waals surface area contributed by atoms with Crippen LogP contribution in [0.1, 0.15) is 21.5 Å². The lowest BCUT2D eigenvalue weighted by atomic mass is 9.98. The standard InChI is InChI=1S/C15H13NO3.Mg.3H2O.2H/c16-14-11(9-13(17)18)7-4-8-12(14)15(19)10-5-2-1-3-6-10;;;;;;/h1-8H,9,16H2,(H,17,18);;3*1H2;;. The number of rotatable bonds is 4. The zero-order valence-corrected chi connectivity index (χ0v) is 11.7. The molecule has 0 aliphatic carbocycles. The second-order valence-electron chi connectivity index (χ2n) is 4.14. The Morgan fingerprint density at radius 1 is 0.913 bits per heavy atom. The van der Waals surface area contributed by atoms with Gasteiger partial charge >= 0.3 is 29.0 Å². The highest BCUT2D eigenvalue weighted by molar-refractivity contribution is 6.12. The van der Waals surface area contributed by atoms with E-state index in [0.717, 1.165) is 0 Å². The molecule has 0 fully saturated rings. The Labute approximate surface area is 149 Å². The lowest BCUT2D eigenvalue weighted by molar-refractivity contribution is -0.136. The highest BCUT2D eigenvalue weighted by atomic mass is 24.3. The molecule has 0 spiro atoms. The molecule has 0 radical (unpaired) electrons. The maximum Gasteiger partial charge on any atom is 0.316 e. The summed E-state index contributed by atoms with van der Waals surface area (Å²) in [6.45, 7) is 0. The Hall–Kier alpha value is -1.97. The van der Waals surface area contributed by atoms with Crippen LogP contribution in [-0.2, 0) is 11.2 Å². The van der Waals surface area contributed by atoms with E-state index in [2.05, 4.69) is 0 Å². The zero-order chi connectivity index (χ0) is 13.8. The van der Waals surface area contributed by atoms with E-state index in [9.17, 15) is 9.59 Å². The number of aliphatic carboxylic acids is 1. The highest BCUT2D eigenvalue weighted by Crippen LogP contribution is 2.21. The number of carboxylic acids is 1. The minimum absolute atomic E-state index is 0. The van der Waals surface area contributed by atoms with E-state index in [4.69, 9.17) is 10.8 Å². The molecule has 7 nitrogen and oxygen atoms in total. The molecule has 23 heavy (non-hydrogen) atoms. The van der Waals surface area contributed by atoms with Gasteiger partial charge in [0, 0.05) is 16.8 Å². The van der Waals surface area contributed by atoms with Crippen LogP contribution in [0, 0.1) is 0 Å². The summed E-state index contributed by atoms with van der Waals surface area (Å²) >= 11 is 0. The Kier molecular flexibility index (Phi) is 13.1. The molecule has 0 amide bonds. The van der Waals surface area contributed by atoms with Gasteiger partial charge in [-0.1, -0.05) is 42.5 Å². The van der Waals surface area contributed by atoms with Gasteiger partial charge in [0.1, 0.15) is 0 Å². The molecule has 0 bridgehead atoms. The smallest absolute Gasteiger partial charge is 0.316 e. The largest absolute Gasteiger partial charge is 0.481 e. The third-order valence-corrected chi connectivity index (χ3v) is 2.82. The average Bonchev–Trinajstić information content (AvgIpc) is 2.41. The third kappa shape index (κ3) is 6.34. The summed E-state index contributed by atoms with van der Waals surface area (Å²) < 4.78 is 0. The number of carbonyl (C=O) groups is 2. The lowest BCUT2D eigenvalue weighted by Gasteiger charge is -2.09. The minimum Gasteiger partial charge on any atom is -0.481 e. The molecule has 0 heterocycles. The number of benzene rings is 2. The number of hydrogen-bond donors (Lipinski definition) is 2. The molecule has 9 N–H and O–H groups in total. The maximum absolute atomic E-state index is 12.3. The lowest BCUT2D eigenvalue weighted by Crippen LogP contribution is -2.10. The van der Waals surface area contributed by atoms with Gasteiger partial charge in [-0.3, -0.25) is 9.59 Å². The summed E-state index contributed by atoms with van der Waals surface area (Å²) in [7, 11) is 0. The topological polar surface area (TPSA) is 175 Å². The van der Waals surface area contributed by atoms with Crippen LogP contribution < -0.4 is 5.73 Å². The molecule has 0 aliphatic heterocycles. The fourth-order valence-electron chi connectivity index (χ4n) is 1.87. The number of ketones is 1. The van der Waals surface area contributed by atoms with Crippen LogP contribution in [0.15, 0.2) is 48.5 Å². The van der Waals surface area contributed by atoms with Crippen molar-refractivity contribution in [2.24, 2.45) is 0 Å². The molecular formula is C15H21MgNO6. The molecule has 0 unspecified atom stereocenters. The van der Waals surface area contributed by atoms with Crippen molar-refractivity contribution in [1.29, 1.82) is 0 Å². The summed E-state index contributed by atoms with van der Waals surface area (Å²) in [4.78, 5) is 23.0. The Morgan fingerprint density at radius 3 is 2.00 bits per heavy atom. The van der Waals surface area contributed by atoms with Crippen molar-refractivity contribution in [2.45, 2.75) is 6.42 Å². The first kappa shape index (κ1) is 26.0. The molecule has 124 valence electrons. The molecule has 0 saturated heterocycles. The third-order valence-electron chi connectivity index (χ3n) is 2.82. The summed E-state index contributed by atoms with van der Waals surface area (Å²) in [5.41, 5.74) is 7.44. The van der Waals surface area contributed by atoms with Crippen LogP contribution in [0.2, 0.25) is 0 Å². The number of hydrogen-bond acceptors (Lipinski definition) is 3. The first-order chi connectivity index (χ1) is 9.09. The number of carbonyl (C=O) groups excluding carboxylic acids is 1. The first-order valence-corrected chi connectivity index (χ1v) is 5.78. The van der Waals surface area contributed by atoms with Gasteiger partial charge in [-0.25, -0.2) is 0 Å². The van der Waals surface area contributed by atoms with E-state index in [1.165, 1.54) is 0 Å². The van der Waals surface area contributed by atoms with Gasteiger partial charge in [-0.05, 0) is 11.6 Å². The molecule has 8 heteroatoms. The molecule has 0 atom stereocenters. The second-order valence-corrected chi connectivity index (χ2v) is 4.14. The number of carboxylic acid groups (broad SMARTS) is 1. The van der Waals surface area contributed by atoms with Gasteiger partial charge < -0.3 is 27.3 Å². The van der Waals surface area contributed by atoms with Crippen molar-refractivity contribution in [3.63, 3.8) is 0 Å². The Bertz CT molecular complexity index is 633. The van der Waals surface area contributed by atoms with Crippen molar-refractivity contribution in [2.75, 3.05) is 5.73 Å². The average molecular weight is 336 g/mol. The van der Waals surface area contributed by atoms with E-state index in [0.29, 0.717) is 16.7 Å². The quantitative estimate of drug-likeness (QED) is 0.403. The number of anilines is 1. The summed E-state index contributed by atoms with van der Waals surface area (Å²) in [6, 6.07) is 13.6. The van der Waals surface area contributed by atoms with Crippen molar-refractivity contribution in [3.8, 4) is 0 Å². The van der Waals surface area contributed by atoms with Gasteiger partial charge in [0.2, 0.25) is 0 Å². The first-order valence-electron chi connectivity index (χ1n) is 5.78. The van der Waals surface area contributed by atoms with Gasteiger partial charge in [0.05, 0.1) is 6.42 Å². The Balaban J connectivity index is -0.000001000. The SMILES string of the molecule is Nc1c(CC(=O)O)cccc1C(=O)c1ccccc1.O.O.O.[MgH2]. The van der Waals surface area contributed by atoms with Crippen molar-refractivity contribution in [3.05, 3.63) is 65.2 Å². The highest BCUT2D eigenvalue weighted by Gasteiger charge is 2.15. The van der Waals surface area contributed by atoms with Crippen molar-refractivity contribution in [1.82, 2.24) is 0 Å². The molecule has 2 rings (SSSR count). The van der Waals surface area contributed by atoms with Crippen LogP contribution in [-0.4, -0.2) is 56.3 Å². The zero-order valence-electron chi connectivity index (χ0n) is 11.7. The molecule has 0 saturated carbocycles. The van der Waals surface area contributed by atoms with Crippen LogP contribution in [0.25, 0.3) is 0 Å². The summed E-state index contributed by atoms with van der Waals surface area (Å²) in [5.74, 6) is -1.18. The monoisotopic (exact) mass is 335 g/mol. The predicted molar refractivity (Wildman–Crippen MR) is 91.5 cm³/mol. The van der Waals surface area contributed by atoms with Crippen LogP contribution >= 0.6 is 0 Å². The minimum atomic E-state index is -0.976. The molecular weight excluding hydrogens is 314 g/mol. The summed E-state index contributed by atoms with van der Waals surface area (Å²) in [6.07, 6.45) is -0.193. The molecule has 2 aromatic rings. The van der Waals surface area contributed by atoms with E-state index >= 15 is 0 Å². The van der Waals surface area contributed by atoms with Gasteiger partial charge in [0.25, 0.3) is 0 Å². The second kappa shape index (κ2) is 11.6.